The Morgan fingerprint density at radius 1 is 1.16 bits per heavy atom. The molecule has 0 atom stereocenters. The fourth-order valence-electron chi connectivity index (χ4n) is 1.44. The third-order valence-corrected chi connectivity index (χ3v) is 4.37. The molecule has 0 aliphatic heterocycles. The number of rotatable bonds is 4. The molecule has 1 heterocycles. The highest BCUT2D eigenvalue weighted by Gasteiger charge is 2.08. The van der Waals surface area contributed by atoms with Crippen molar-refractivity contribution >= 4 is 57.7 Å². The second kappa shape index (κ2) is 6.01. The summed E-state index contributed by atoms with van der Waals surface area (Å²) in [5.41, 5.74) is 6.38. The Balaban J connectivity index is 2.09. The number of amides is 1. The topological polar surface area (TPSA) is 55.1 Å². The van der Waals surface area contributed by atoms with Crippen LogP contribution in [0.3, 0.4) is 0 Å². The minimum absolute atomic E-state index is 0.407. The van der Waals surface area contributed by atoms with E-state index in [0.717, 1.165) is 4.88 Å². The summed E-state index contributed by atoms with van der Waals surface area (Å²) in [5, 5.41) is 6.17. The van der Waals surface area contributed by atoms with E-state index in [4.69, 9.17) is 40.5 Å². The third-order valence-electron chi connectivity index (χ3n) is 2.40. The number of anilines is 1. The second-order valence-corrected chi connectivity index (χ2v) is 5.98. The number of primary amides is 1. The Labute approximate surface area is 129 Å². The van der Waals surface area contributed by atoms with Gasteiger partial charge in [-0.3, -0.25) is 4.79 Å². The molecule has 0 spiro atoms. The van der Waals surface area contributed by atoms with Gasteiger partial charge in [0, 0.05) is 16.8 Å². The summed E-state index contributed by atoms with van der Waals surface area (Å²) < 4.78 is 0. The lowest BCUT2D eigenvalue weighted by Crippen LogP contribution is -2.09. The van der Waals surface area contributed by atoms with Gasteiger partial charge in [-0.2, -0.15) is 0 Å². The van der Waals surface area contributed by atoms with E-state index in [0.29, 0.717) is 32.9 Å². The Morgan fingerprint density at radius 3 is 2.47 bits per heavy atom. The summed E-state index contributed by atoms with van der Waals surface area (Å²) in [4.78, 5) is 11.9. The van der Waals surface area contributed by atoms with Crippen molar-refractivity contribution in [3.63, 3.8) is 0 Å². The van der Waals surface area contributed by atoms with Gasteiger partial charge in [-0.05, 0) is 18.2 Å². The molecule has 2 aromatic rings. The fraction of sp³-hybridized carbons (Fsp3) is 0.0833. The van der Waals surface area contributed by atoms with Crippen LogP contribution in [0.15, 0.2) is 23.6 Å². The molecule has 1 aromatic carbocycles. The van der Waals surface area contributed by atoms with Gasteiger partial charge in [0.05, 0.1) is 26.3 Å². The van der Waals surface area contributed by atoms with E-state index in [1.54, 1.807) is 23.6 Å². The zero-order chi connectivity index (χ0) is 14.0. The van der Waals surface area contributed by atoms with Crippen LogP contribution in [-0.4, -0.2) is 5.91 Å². The molecule has 3 nitrogen and oxygen atoms in total. The van der Waals surface area contributed by atoms with Gasteiger partial charge in [-0.1, -0.05) is 34.8 Å². The monoisotopic (exact) mass is 334 g/mol. The van der Waals surface area contributed by atoms with Gasteiger partial charge in [-0.15, -0.1) is 11.3 Å². The largest absolute Gasteiger partial charge is 0.379 e. The van der Waals surface area contributed by atoms with Gasteiger partial charge in [-0.25, -0.2) is 0 Å². The maximum absolute atomic E-state index is 11.0. The molecule has 2 rings (SSSR count). The second-order valence-electron chi connectivity index (χ2n) is 3.77. The number of nitrogens with two attached hydrogens (primary N) is 1. The molecule has 0 bridgehead atoms. The summed E-state index contributed by atoms with van der Waals surface area (Å²) in [7, 11) is 0. The van der Waals surface area contributed by atoms with E-state index in [1.165, 1.54) is 11.3 Å². The van der Waals surface area contributed by atoms with Crippen molar-refractivity contribution in [1.29, 1.82) is 0 Å². The fourth-order valence-corrected chi connectivity index (χ4v) is 2.87. The first-order valence-electron chi connectivity index (χ1n) is 5.23. The summed E-state index contributed by atoms with van der Waals surface area (Å²) in [6.07, 6.45) is 0. The highest BCUT2D eigenvalue weighted by Crippen LogP contribution is 2.32. The minimum Gasteiger partial charge on any atom is -0.379 e. The van der Waals surface area contributed by atoms with Gasteiger partial charge in [0.1, 0.15) is 0 Å². The molecule has 3 N–H and O–H groups in total. The molecule has 0 aliphatic carbocycles. The average Bonchev–Trinajstić information content (AvgIpc) is 2.81. The summed E-state index contributed by atoms with van der Waals surface area (Å²) in [6, 6.07) is 4.98. The van der Waals surface area contributed by atoms with E-state index < -0.39 is 5.91 Å². The van der Waals surface area contributed by atoms with Crippen molar-refractivity contribution in [3.05, 3.63) is 49.1 Å². The van der Waals surface area contributed by atoms with E-state index in [1.807, 2.05) is 0 Å². The van der Waals surface area contributed by atoms with Crippen LogP contribution in [0.1, 0.15) is 15.2 Å². The molecule has 0 fully saturated rings. The summed E-state index contributed by atoms with van der Waals surface area (Å²) in [6.45, 7) is 0.523. The van der Waals surface area contributed by atoms with Crippen molar-refractivity contribution in [1.82, 2.24) is 0 Å². The van der Waals surface area contributed by atoms with Crippen molar-refractivity contribution in [2.75, 3.05) is 5.32 Å². The maximum atomic E-state index is 11.0. The average molecular weight is 336 g/mol. The Kier molecular flexibility index (Phi) is 4.58. The van der Waals surface area contributed by atoms with E-state index in [2.05, 4.69) is 5.32 Å². The Morgan fingerprint density at radius 2 is 1.84 bits per heavy atom. The molecule has 7 heteroatoms. The number of hydrogen-bond acceptors (Lipinski definition) is 3. The first-order valence-corrected chi connectivity index (χ1v) is 7.24. The van der Waals surface area contributed by atoms with Crippen LogP contribution < -0.4 is 11.1 Å². The number of halogens is 3. The van der Waals surface area contributed by atoms with Crippen molar-refractivity contribution < 1.29 is 4.79 Å². The van der Waals surface area contributed by atoms with Gasteiger partial charge in [0.2, 0.25) is 5.91 Å². The van der Waals surface area contributed by atoms with Crippen LogP contribution in [0.2, 0.25) is 15.1 Å². The zero-order valence-corrected chi connectivity index (χ0v) is 12.6. The van der Waals surface area contributed by atoms with Gasteiger partial charge in [0.25, 0.3) is 0 Å². The number of carbonyl (C=O) groups excluding carboxylic acids is 1. The standard InChI is InChI=1S/C12H9Cl3N2OS/c13-8-2-10(15)11(3-9(8)14)17-4-7-1-6(5-19-7)12(16)18/h1-3,5,17H,4H2,(H2,16,18). The highest BCUT2D eigenvalue weighted by molar-refractivity contribution is 7.10. The molecule has 0 radical (unpaired) electrons. The van der Waals surface area contributed by atoms with E-state index >= 15 is 0 Å². The lowest BCUT2D eigenvalue weighted by atomic mass is 10.3. The highest BCUT2D eigenvalue weighted by atomic mass is 35.5. The summed E-state index contributed by atoms with van der Waals surface area (Å²) in [5.74, 6) is -0.435. The van der Waals surface area contributed by atoms with E-state index in [-0.39, 0.29) is 0 Å². The molecule has 0 saturated carbocycles. The van der Waals surface area contributed by atoms with Gasteiger partial charge >= 0.3 is 0 Å². The van der Waals surface area contributed by atoms with Crippen LogP contribution in [0.5, 0.6) is 0 Å². The molecule has 1 aromatic heterocycles. The zero-order valence-electron chi connectivity index (χ0n) is 9.54. The summed E-state index contributed by atoms with van der Waals surface area (Å²) >= 11 is 19.3. The van der Waals surface area contributed by atoms with Gasteiger partial charge in [0.15, 0.2) is 0 Å². The number of nitrogens with one attached hydrogen (secondary N) is 1. The van der Waals surface area contributed by atoms with Crippen molar-refractivity contribution in [2.24, 2.45) is 5.73 Å². The van der Waals surface area contributed by atoms with E-state index in [9.17, 15) is 4.79 Å². The predicted molar refractivity (Wildman–Crippen MR) is 81.6 cm³/mol. The molecule has 1 amide bonds. The van der Waals surface area contributed by atoms with Crippen molar-refractivity contribution in [2.45, 2.75) is 6.54 Å². The maximum Gasteiger partial charge on any atom is 0.249 e. The molecule has 19 heavy (non-hydrogen) atoms. The third kappa shape index (κ3) is 3.54. The number of benzene rings is 1. The van der Waals surface area contributed by atoms with Crippen molar-refractivity contribution in [3.8, 4) is 0 Å². The number of carbonyl (C=O) groups is 1. The minimum atomic E-state index is -0.435. The lowest BCUT2D eigenvalue weighted by Gasteiger charge is -2.08. The van der Waals surface area contributed by atoms with Crippen LogP contribution in [0.25, 0.3) is 0 Å². The Bertz CT molecular complexity index is 627. The molecule has 0 aliphatic rings. The van der Waals surface area contributed by atoms with Gasteiger partial charge < -0.3 is 11.1 Å². The molecule has 100 valence electrons. The SMILES string of the molecule is NC(=O)c1csc(CNc2cc(Cl)c(Cl)cc2Cl)c1. The Hall–Kier alpha value is -0.940. The first-order chi connectivity index (χ1) is 8.97. The molecular formula is C12H9Cl3N2OS. The normalized spacial score (nSPS) is 10.5. The lowest BCUT2D eigenvalue weighted by molar-refractivity contribution is 0.100. The molecular weight excluding hydrogens is 327 g/mol. The molecule has 0 saturated heterocycles. The van der Waals surface area contributed by atoms with Crippen LogP contribution in [0, 0.1) is 0 Å². The predicted octanol–water partition coefficient (Wildman–Crippen LogP) is 4.42. The number of hydrogen-bond donors (Lipinski definition) is 2. The molecule has 0 unspecified atom stereocenters. The number of thiophene rings is 1. The first kappa shape index (κ1) is 14.5. The van der Waals surface area contributed by atoms with Crippen LogP contribution >= 0.6 is 46.1 Å². The smallest absolute Gasteiger partial charge is 0.249 e. The van der Waals surface area contributed by atoms with Crippen LogP contribution in [0.4, 0.5) is 5.69 Å². The van der Waals surface area contributed by atoms with Crippen LogP contribution in [-0.2, 0) is 6.54 Å². The quantitative estimate of drug-likeness (QED) is 0.813.